The van der Waals surface area contributed by atoms with Gasteiger partial charge < -0.3 is 11.1 Å². The van der Waals surface area contributed by atoms with Crippen LogP contribution in [0.25, 0.3) is 0 Å². The van der Waals surface area contributed by atoms with Crippen molar-refractivity contribution in [3.63, 3.8) is 0 Å². The number of nitrogens with one attached hydrogen (secondary N) is 1. The molecule has 0 aliphatic carbocycles. The summed E-state index contributed by atoms with van der Waals surface area (Å²) >= 11 is 0. The molecule has 5 N–H and O–H groups in total. The Balaban J connectivity index is 2.79. The number of primary sulfonamides is 1. The molecule has 0 spiro atoms. The molecule has 14 heavy (non-hydrogen) atoms. The van der Waals surface area contributed by atoms with E-state index in [0.717, 1.165) is 5.69 Å². The summed E-state index contributed by atoms with van der Waals surface area (Å²) in [5.41, 5.74) is 6.12. The van der Waals surface area contributed by atoms with Crippen LogP contribution >= 0.6 is 0 Å². The van der Waals surface area contributed by atoms with Gasteiger partial charge in [-0.2, -0.15) is 0 Å². The van der Waals surface area contributed by atoms with Crippen molar-refractivity contribution >= 4 is 15.7 Å². The lowest BCUT2D eigenvalue weighted by atomic mass is 10.3. The molecule has 0 radical (unpaired) electrons. The van der Waals surface area contributed by atoms with Crippen molar-refractivity contribution in [2.24, 2.45) is 10.9 Å². The van der Waals surface area contributed by atoms with E-state index in [2.05, 4.69) is 5.32 Å². The fourth-order valence-corrected chi connectivity index (χ4v) is 1.49. The summed E-state index contributed by atoms with van der Waals surface area (Å²) in [4.78, 5) is 0.107. The quantitative estimate of drug-likeness (QED) is 0.642. The van der Waals surface area contributed by atoms with Crippen molar-refractivity contribution in [3.05, 3.63) is 24.3 Å². The Labute approximate surface area is 83.2 Å². The number of hydrogen-bond donors (Lipinski definition) is 3. The van der Waals surface area contributed by atoms with Gasteiger partial charge in [-0.3, -0.25) is 0 Å². The van der Waals surface area contributed by atoms with Crippen molar-refractivity contribution in [1.29, 1.82) is 0 Å². The van der Waals surface area contributed by atoms with Gasteiger partial charge in [-0.05, 0) is 24.3 Å². The molecule has 78 valence electrons. The van der Waals surface area contributed by atoms with Gasteiger partial charge in [0.15, 0.2) is 0 Å². The van der Waals surface area contributed by atoms with E-state index in [-0.39, 0.29) is 4.90 Å². The first-order chi connectivity index (χ1) is 6.54. The summed E-state index contributed by atoms with van der Waals surface area (Å²) in [6.07, 6.45) is 0. The molecule has 1 aromatic carbocycles. The Hall–Kier alpha value is -1.11. The third kappa shape index (κ3) is 2.99. The molecule has 0 bridgehead atoms. The summed E-state index contributed by atoms with van der Waals surface area (Å²) < 4.78 is 21.8. The number of rotatable bonds is 4. The number of sulfonamides is 1. The average Bonchev–Trinajstić information content (AvgIpc) is 2.14. The first-order valence-corrected chi connectivity index (χ1v) is 5.65. The molecule has 0 aliphatic rings. The van der Waals surface area contributed by atoms with E-state index in [0.29, 0.717) is 13.1 Å². The van der Waals surface area contributed by atoms with E-state index < -0.39 is 10.0 Å². The van der Waals surface area contributed by atoms with Crippen molar-refractivity contribution < 1.29 is 8.42 Å². The van der Waals surface area contributed by atoms with Crippen LogP contribution in [0.4, 0.5) is 5.69 Å². The van der Waals surface area contributed by atoms with Crippen LogP contribution in [0.5, 0.6) is 0 Å². The van der Waals surface area contributed by atoms with Crippen LogP contribution in [-0.4, -0.2) is 21.5 Å². The standard InChI is InChI=1S/C8H13N3O2S/c9-5-6-11-7-1-3-8(4-2-7)14(10,12)13/h1-4,11H,5-6,9H2,(H2,10,12,13). The number of nitrogens with two attached hydrogens (primary N) is 2. The Morgan fingerprint density at radius 3 is 2.21 bits per heavy atom. The third-order valence-electron chi connectivity index (χ3n) is 1.66. The van der Waals surface area contributed by atoms with Crippen LogP contribution in [0.15, 0.2) is 29.2 Å². The molecule has 0 saturated heterocycles. The zero-order valence-electron chi connectivity index (χ0n) is 7.60. The highest BCUT2D eigenvalue weighted by Gasteiger charge is 2.05. The Morgan fingerprint density at radius 1 is 1.21 bits per heavy atom. The minimum absolute atomic E-state index is 0.107. The maximum absolute atomic E-state index is 10.9. The topological polar surface area (TPSA) is 98.2 Å². The van der Waals surface area contributed by atoms with Crippen molar-refractivity contribution in [2.75, 3.05) is 18.4 Å². The zero-order chi connectivity index (χ0) is 10.6. The molecule has 0 aromatic heterocycles. The van der Waals surface area contributed by atoms with Gasteiger partial charge in [0.1, 0.15) is 0 Å². The lowest BCUT2D eigenvalue weighted by molar-refractivity contribution is 0.598. The van der Waals surface area contributed by atoms with Crippen LogP contribution < -0.4 is 16.2 Å². The molecule has 6 heteroatoms. The molecule has 0 atom stereocenters. The molecular weight excluding hydrogens is 202 g/mol. The molecule has 5 nitrogen and oxygen atoms in total. The van der Waals surface area contributed by atoms with E-state index in [9.17, 15) is 8.42 Å². The second-order valence-electron chi connectivity index (χ2n) is 2.78. The van der Waals surface area contributed by atoms with Gasteiger partial charge in [-0.1, -0.05) is 0 Å². The monoisotopic (exact) mass is 215 g/mol. The van der Waals surface area contributed by atoms with E-state index in [1.165, 1.54) is 12.1 Å². The second kappa shape index (κ2) is 4.41. The van der Waals surface area contributed by atoms with Crippen LogP contribution in [0.3, 0.4) is 0 Å². The summed E-state index contributed by atoms with van der Waals surface area (Å²) in [7, 11) is -3.59. The number of anilines is 1. The summed E-state index contributed by atoms with van der Waals surface area (Å²) in [5.74, 6) is 0. The van der Waals surface area contributed by atoms with E-state index in [1.807, 2.05) is 0 Å². The molecule has 0 saturated carbocycles. The minimum Gasteiger partial charge on any atom is -0.384 e. The van der Waals surface area contributed by atoms with Gasteiger partial charge in [-0.25, -0.2) is 13.6 Å². The highest BCUT2D eigenvalue weighted by molar-refractivity contribution is 7.89. The predicted octanol–water partition coefficient (Wildman–Crippen LogP) is -0.295. The second-order valence-corrected chi connectivity index (χ2v) is 4.35. The van der Waals surface area contributed by atoms with Crippen LogP contribution in [0.2, 0.25) is 0 Å². The Kier molecular flexibility index (Phi) is 3.45. The van der Waals surface area contributed by atoms with Crippen LogP contribution in [0, 0.1) is 0 Å². The highest BCUT2D eigenvalue weighted by atomic mass is 32.2. The van der Waals surface area contributed by atoms with Gasteiger partial charge in [0.2, 0.25) is 10.0 Å². The Morgan fingerprint density at radius 2 is 1.79 bits per heavy atom. The van der Waals surface area contributed by atoms with Gasteiger partial charge in [0.05, 0.1) is 4.90 Å². The molecule has 0 fully saturated rings. The van der Waals surface area contributed by atoms with Crippen molar-refractivity contribution in [3.8, 4) is 0 Å². The minimum atomic E-state index is -3.59. The average molecular weight is 215 g/mol. The fraction of sp³-hybridized carbons (Fsp3) is 0.250. The number of benzene rings is 1. The summed E-state index contributed by atoms with van der Waals surface area (Å²) in [5, 5.41) is 7.95. The summed E-state index contributed by atoms with van der Waals surface area (Å²) in [6, 6.07) is 6.20. The fourth-order valence-electron chi connectivity index (χ4n) is 0.979. The first kappa shape index (κ1) is 11.0. The molecule has 1 aromatic rings. The van der Waals surface area contributed by atoms with Crippen molar-refractivity contribution in [2.45, 2.75) is 4.90 Å². The smallest absolute Gasteiger partial charge is 0.238 e. The van der Waals surface area contributed by atoms with Gasteiger partial charge in [0.25, 0.3) is 0 Å². The van der Waals surface area contributed by atoms with E-state index in [1.54, 1.807) is 12.1 Å². The lowest BCUT2D eigenvalue weighted by Gasteiger charge is -2.04. The maximum atomic E-state index is 10.9. The SMILES string of the molecule is NCCNc1ccc(S(N)(=O)=O)cc1. The molecular formula is C8H13N3O2S. The van der Waals surface area contributed by atoms with Crippen molar-refractivity contribution in [1.82, 2.24) is 0 Å². The molecule has 1 rings (SSSR count). The third-order valence-corrected chi connectivity index (χ3v) is 2.59. The Bertz CT molecular complexity index is 386. The van der Waals surface area contributed by atoms with E-state index in [4.69, 9.17) is 10.9 Å². The molecule has 0 unspecified atom stereocenters. The normalized spacial score (nSPS) is 11.3. The molecule has 0 heterocycles. The highest BCUT2D eigenvalue weighted by Crippen LogP contribution is 2.11. The lowest BCUT2D eigenvalue weighted by Crippen LogP contribution is -2.14. The summed E-state index contributed by atoms with van der Waals surface area (Å²) in [6.45, 7) is 1.17. The molecule has 0 amide bonds. The first-order valence-electron chi connectivity index (χ1n) is 4.11. The largest absolute Gasteiger partial charge is 0.384 e. The van der Waals surface area contributed by atoms with Gasteiger partial charge >= 0.3 is 0 Å². The molecule has 0 aliphatic heterocycles. The number of hydrogen-bond acceptors (Lipinski definition) is 4. The maximum Gasteiger partial charge on any atom is 0.238 e. The van der Waals surface area contributed by atoms with Crippen LogP contribution in [-0.2, 0) is 10.0 Å². The van der Waals surface area contributed by atoms with E-state index >= 15 is 0 Å². The zero-order valence-corrected chi connectivity index (χ0v) is 8.42. The van der Waals surface area contributed by atoms with Gasteiger partial charge in [-0.15, -0.1) is 0 Å². The van der Waals surface area contributed by atoms with Gasteiger partial charge in [0, 0.05) is 18.8 Å². The predicted molar refractivity (Wildman–Crippen MR) is 55.4 cm³/mol. The van der Waals surface area contributed by atoms with Crippen LogP contribution in [0.1, 0.15) is 0 Å².